The molecule has 0 heterocycles. The smallest absolute Gasteiger partial charge is 0.272 e. The summed E-state index contributed by atoms with van der Waals surface area (Å²) >= 11 is 12.0. The van der Waals surface area contributed by atoms with Crippen molar-refractivity contribution in [3.8, 4) is 11.5 Å². The van der Waals surface area contributed by atoms with Crippen molar-refractivity contribution in [2.45, 2.75) is 13.8 Å². The van der Waals surface area contributed by atoms with Crippen molar-refractivity contribution in [1.29, 1.82) is 0 Å². The molecule has 0 bridgehead atoms. The lowest BCUT2D eigenvalue weighted by atomic mass is 10.1. The number of hydrogen-bond acceptors (Lipinski definition) is 4. The van der Waals surface area contributed by atoms with Crippen LogP contribution < -0.4 is 10.2 Å². The van der Waals surface area contributed by atoms with Crippen molar-refractivity contribution < 1.29 is 14.6 Å². The van der Waals surface area contributed by atoms with E-state index in [0.29, 0.717) is 22.8 Å². The number of ether oxygens (including phenoxy) is 1. The summed E-state index contributed by atoms with van der Waals surface area (Å²) in [4.78, 5) is 12.1. The Morgan fingerprint density at radius 2 is 2.04 bits per heavy atom. The third kappa shape index (κ3) is 4.40. The number of phenols is 1. The lowest BCUT2D eigenvalue weighted by molar-refractivity contribution is 0.0955. The minimum absolute atomic E-state index is 0.133. The Morgan fingerprint density at radius 3 is 2.71 bits per heavy atom. The van der Waals surface area contributed by atoms with Crippen LogP contribution in [0.4, 0.5) is 0 Å². The standard InChI is InChI=1S/C17H16Cl2N2O3/c1-3-24-15-8-11(7-14(19)16(15)22)9-20-21-17(23)12-5-4-10(2)6-13(12)18/h4-9,22H,3H2,1-2H3,(H,21,23)/b20-9+. The normalized spacial score (nSPS) is 10.8. The highest BCUT2D eigenvalue weighted by molar-refractivity contribution is 6.34. The van der Waals surface area contributed by atoms with Gasteiger partial charge in [0.25, 0.3) is 5.91 Å². The zero-order valence-electron chi connectivity index (χ0n) is 13.1. The van der Waals surface area contributed by atoms with Crippen molar-refractivity contribution >= 4 is 35.3 Å². The van der Waals surface area contributed by atoms with Crippen LogP contribution in [0.3, 0.4) is 0 Å². The molecule has 2 aromatic rings. The topological polar surface area (TPSA) is 70.9 Å². The van der Waals surface area contributed by atoms with Gasteiger partial charge in [-0.15, -0.1) is 0 Å². The molecule has 0 fully saturated rings. The van der Waals surface area contributed by atoms with Crippen molar-refractivity contribution in [2.24, 2.45) is 5.10 Å². The van der Waals surface area contributed by atoms with E-state index in [-0.39, 0.29) is 16.5 Å². The number of halogens is 2. The van der Waals surface area contributed by atoms with Crippen LogP contribution in [0.1, 0.15) is 28.4 Å². The molecule has 0 saturated carbocycles. The lowest BCUT2D eigenvalue weighted by Crippen LogP contribution is -2.18. The predicted molar refractivity (Wildman–Crippen MR) is 95.5 cm³/mol. The van der Waals surface area contributed by atoms with Gasteiger partial charge in [-0.2, -0.15) is 5.10 Å². The fourth-order valence-corrected chi connectivity index (χ4v) is 2.50. The fraction of sp³-hybridized carbons (Fsp3) is 0.176. The number of hydrogen-bond donors (Lipinski definition) is 2. The number of aromatic hydroxyl groups is 1. The highest BCUT2D eigenvalue weighted by Crippen LogP contribution is 2.34. The van der Waals surface area contributed by atoms with Gasteiger partial charge in [-0.25, -0.2) is 5.43 Å². The maximum absolute atomic E-state index is 12.1. The minimum Gasteiger partial charge on any atom is -0.503 e. The Kier molecular flexibility index (Phi) is 6.06. The van der Waals surface area contributed by atoms with Crippen LogP contribution in [0.25, 0.3) is 0 Å². The minimum atomic E-state index is -0.425. The molecule has 24 heavy (non-hydrogen) atoms. The van der Waals surface area contributed by atoms with E-state index in [9.17, 15) is 9.90 Å². The van der Waals surface area contributed by atoms with E-state index in [0.717, 1.165) is 5.56 Å². The van der Waals surface area contributed by atoms with Crippen LogP contribution in [0.5, 0.6) is 11.5 Å². The molecule has 0 aromatic heterocycles. The largest absolute Gasteiger partial charge is 0.503 e. The summed E-state index contributed by atoms with van der Waals surface area (Å²) in [5.41, 5.74) is 4.25. The molecular formula is C17H16Cl2N2O3. The van der Waals surface area contributed by atoms with Crippen molar-refractivity contribution in [2.75, 3.05) is 6.61 Å². The molecule has 0 spiro atoms. The van der Waals surface area contributed by atoms with Gasteiger partial charge in [-0.3, -0.25) is 4.79 Å². The van der Waals surface area contributed by atoms with Crippen LogP contribution in [0.2, 0.25) is 10.0 Å². The molecule has 0 aliphatic carbocycles. The summed E-state index contributed by atoms with van der Waals surface area (Å²) in [7, 11) is 0. The molecule has 1 amide bonds. The molecule has 0 radical (unpaired) electrons. The average molecular weight is 367 g/mol. The summed E-state index contributed by atoms with van der Waals surface area (Å²) in [6.07, 6.45) is 1.40. The molecular weight excluding hydrogens is 351 g/mol. The van der Waals surface area contributed by atoms with Gasteiger partial charge in [0.1, 0.15) is 0 Å². The quantitative estimate of drug-likeness (QED) is 0.616. The second kappa shape index (κ2) is 8.04. The molecule has 0 atom stereocenters. The Labute approximate surface area is 149 Å². The number of carbonyl (C=O) groups is 1. The third-order valence-corrected chi connectivity index (χ3v) is 3.70. The molecule has 2 rings (SSSR count). The fourth-order valence-electron chi connectivity index (χ4n) is 1.96. The molecule has 0 aliphatic heterocycles. The molecule has 0 saturated heterocycles. The highest BCUT2D eigenvalue weighted by atomic mass is 35.5. The zero-order chi connectivity index (χ0) is 17.7. The highest BCUT2D eigenvalue weighted by Gasteiger charge is 2.10. The molecule has 2 aromatic carbocycles. The zero-order valence-corrected chi connectivity index (χ0v) is 14.6. The van der Waals surface area contributed by atoms with Crippen LogP contribution in [0.15, 0.2) is 35.4 Å². The first kappa shape index (κ1) is 18.1. The van der Waals surface area contributed by atoms with Gasteiger partial charge in [0, 0.05) is 0 Å². The van der Waals surface area contributed by atoms with Gasteiger partial charge in [-0.1, -0.05) is 29.3 Å². The van der Waals surface area contributed by atoms with Gasteiger partial charge in [-0.05, 0) is 49.2 Å². The summed E-state index contributed by atoms with van der Waals surface area (Å²) in [6.45, 7) is 4.06. The van der Waals surface area contributed by atoms with E-state index < -0.39 is 5.91 Å². The number of aryl methyl sites for hydroxylation is 1. The molecule has 126 valence electrons. The first-order valence-corrected chi connectivity index (χ1v) is 7.92. The Balaban J connectivity index is 2.12. The number of nitrogens with one attached hydrogen (secondary N) is 1. The number of nitrogens with zero attached hydrogens (tertiary/aromatic N) is 1. The summed E-state index contributed by atoms with van der Waals surface area (Å²) in [5, 5.41) is 14.1. The summed E-state index contributed by atoms with van der Waals surface area (Å²) in [6, 6.07) is 8.20. The van der Waals surface area contributed by atoms with Crippen LogP contribution in [-0.2, 0) is 0 Å². The van der Waals surface area contributed by atoms with Crippen LogP contribution in [0, 0.1) is 6.92 Å². The van der Waals surface area contributed by atoms with E-state index in [1.165, 1.54) is 12.3 Å². The van der Waals surface area contributed by atoms with Gasteiger partial charge in [0.2, 0.25) is 0 Å². The second-order valence-electron chi connectivity index (χ2n) is 4.96. The molecule has 0 aliphatic rings. The number of carbonyl (C=O) groups excluding carboxylic acids is 1. The lowest BCUT2D eigenvalue weighted by Gasteiger charge is -2.08. The van der Waals surface area contributed by atoms with Gasteiger partial charge in [0.15, 0.2) is 11.5 Å². The van der Waals surface area contributed by atoms with Crippen molar-refractivity contribution in [1.82, 2.24) is 5.43 Å². The predicted octanol–water partition coefficient (Wildman–Crippen LogP) is 4.17. The molecule has 7 heteroatoms. The molecule has 2 N–H and O–H groups in total. The molecule has 0 unspecified atom stereocenters. The maximum atomic E-state index is 12.1. The first-order valence-electron chi connectivity index (χ1n) is 7.17. The third-order valence-electron chi connectivity index (χ3n) is 3.10. The number of amides is 1. The van der Waals surface area contributed by atoms with Crippen LogP contribution >= 0.6 is 23.2 Å². The summed E-state index contributed by atoms with van der Waals surface area (Å²) < 4.78 is 5.28. The first-order chi connectivity index (χ1) is 11.4. The van der Waals surface area contributed by atoms with E-state index in [2.05, 4.69) is 10.5 Å². The van der Waals surface area contributed by atoms with E-state index >= 15 is 0 Å². The van der Waals surface area contributed by atoms with Gasteiger partial charge < -0.3 is 9.84 Å². The number of hydrazone groups is 1. The van der Waals surface area contributed by atoms with Gasteiger partial charge >= 0.3 is 0 Å². The summed E-state index contributed by atoms with van der Waals surface area (Å²) in [5.74, 6) is -0.309. The van der Waals surface area contributed by atoms with E-state index in [1.54, 1.807) is 31.2 Å². The Hall–Kier alpha value is -2.24. The number of rotatable bonds is 5. The Morgan fingerprint density at radius 1 is 1.29 bits per heavy atom. The van der Waals surface area contributed by atoms with E-state index in [4.69, 9.17) is 27.9 Å². The van der Waals surface area contributed by atoms with E-state index in [1.807, 2.05) is 6.92 Å². The molecule has 5 nitrogen and oxygen atoms in total. The van der Waals surface area contributed by atoms with Gasteiger partial charge in [0.05, 0.1) is 28.4 Å². The number of benzene rings is 2. The number of phenolic OH excluding ortho intramolecular Hbond substituents is 1. The average Bonchev–Trinajstić information content (AvgIpc) is 2.52. The maximum Gasteiger partial charge on any atom is 0.272 e. The Bertz CT molecular complexity index is 792. The second-order valence-corrected chi connectivity index (χ2v) is 5.78. The van der Waals surface area contributed by atoms with Crippen molar-refractivity contribution in [3.05, 3.63) is 57.1 Å². The van der Waals surface area contributed by atoms with Crippen LogP contribution in [-0.4, -0.2) is 23.8 Å². The van der Waals surface area contributed by atoms with Crippen molar-refractivity contribution in [3.63, 3.8) is 0 Å². The SMILES string of the molecule is CCOc1cc(/C=N/NC(=O)c2ccc(C)cc2Cl)cc(Cl)c1O. The monoisotopic (exact) mass is 366 g/mol.